The Kier molecular flexibility index (Phi) is 4.57. The molecule has 0 unspecified atom stereocenters. The highest BCUT2D eigenvalue weighted by atomic mass is 32.1. The zero-order chi connectivity index (χ0) is 15.6. The number of amides is 1. The average Bonchev–Trinajstić information content (AvgIpc) is 2.76. The minimum Gasteiger partial charge on any atom is -0.481 e. The highest BCUT2D eigenvalue weighted by Crippen LogP contribution is 2.32. The first-order valence-corrected chi connectivity index (χ1v) is 7.45. The number of hydrogen-bond donors (Lipinski definition) is 1. The minimum absolute atomic E-state index is 0.0852. The fraction of sp³-hybridized carbons (Fsp3) is 0.333. The summed E-state index contributed by atoms with van der Waals surface area (Å²) in [7, 11) is 0. The van der Waals surface area contributed by atoms with Gasteiger partial charge in [0.25, 0.3) is 5.91 Å². The third-order valence-corrected chi connectivity index (χ3v) is 4.62. The van der Waals surface area contributed by atoms with Crippen LogP contribution in [0.2, 0.25) is 0 Å². The van der Waals surface area contributed by atoms with E-state index >= 15 is 0 Å². The Morgan fingerprint density at radius 2 is 2.10 bits per heavy atom. The summed E-state index contributed by atoms with van der Waals surface area (Å²) in [5.41, 5.74) is 0.744. The Labute approximate surface area is 125 Å². The molecule has 2 aromatic rings. The normalized spacial score (nSPS) is 10.8. The van der Waals surface area contributed by atoms with E-state index < -0.39 is 5.97 Å². The van der Waals surface area contributed by atoms with Gasteiger partial charge in [-0.3, -0.25) is 9.59 Å². The predicted molar refractivity (Wildman–Crippen MR) is 80.4 cm³/mol. The number of carboxylic acid groups (broad SMARTS) is 1. The summed E-state index contributed by atoms with van der Waals surface area (Å²) < 4.78 is 14.2. The van der Waals surface area contributed by atoms with Gasteiger partial charge in [-0.1, -0.05) is 0 Å². The van der Waals surface area contributed by atoms with Gasteiger partial charge in [-0.25, -0.2) is 4.39 Å². The molecule has 0 saturated carbocycles. The summed E-state index contributed by atoms with van der Waals surface area (Å²) >= 11 is 1.31. The Hall–Kier alpha value is -1.95. The molecule has 2 rings (SSSR count). The van der Waals surface area contributed by atoms with E-state index in [-0.39, 0.29) is 24.7 Å². The second kappa shape index (κ2) is 6.22. The molecule has 21 heavy (non-hydrogen) atoms. The maximum atomic E-state index is 13.3. The summed E-state index contributed by atoms with van der Waals surface area (Å²) in [5.74, 6) is -1.46. The molecule has 1 heterocycles. The van der Waals surface area contributed by atoms with E-state index in [1.165, 1.54) is 28.4 Å². The molecule has 112 valence electrons. The zero-order valence-electron chi connectivity index (χ0n) is 11.9. The molecule has 0 radical (unpaired) electrons. The van der Waals surface area contributed by atoms with Crippen molar-refractivity contribution in [3.8, 4) is 0 Å². The van der Waals surface area contributed by atoms with E-state index in [0.717, 1.165) is 15.6 Å². The molecule has 6 heteroatoms. The van der Waals surface area contributed by atoms with Crippen molar-refractivity contribution >= 4 is 33.3 Å². The maximum absolute atomic E-state index is 13.3. The number of aliphatic carboxylic acids is 1. The summed E-state index contributed by atoms with van der Waals surface area (Å²) in [4.78, 5) is 25.2. The molecule has 0 spiro atoms. The third kappa shape index (κ3) is 3.21. The molecule has 1 aromatic heterocycles. The first-order valence-electron chi connectivity index (χ1n) is 6.63. The van der Waals surface area contributed by atoms with E-state index in [4.69, 9.17) is 5.11 Å². The molecule has 0 aliphatic rings. The molecule has 0 aliphatic heterocycles. The van der Waals surface area contributed by atoms with Gasteiger partial charge in [0.05, 0.1) is 11.3 Å². The van der Waals surface area contributed by atoms with Gasteiger partial charge in [0.2, 0.25) is 0 Å². The highest BCUT2D eigenvalue weighted by Gasteiger charge is 2.21. The number of fused-ring (bicyclic) bond motifs is 1. The molecule has 0 atom stereocenters. The third-order valence-electron chi connectivity index (χ3n) is 3.36. The van der Waals surface area contributed by atoms with Crippen LogP contribution in [0.4, 0.5) is 4.39 Å². The topological polar surface area (TPSA) is 57.6 Å². The van der Waals surface area contributed by atoms with Crippen molar-refractivity contribution in [1.29, 1.82) is 0 Å². The van der Waals surface area contributed by atoms with Crippen molar-refractivity contribution in [2.24, 2.45) is 0 Å². The molecule has 0 fully saturated rings. The number of aryl methyl sites for hydroxylation is 1. The fourth-order valence-corrected chi connectivity index (χ4v) is 3.33. The lowest BCUT2D eigenvalue weighted by molar-refractivity contribution is -0.137. The van der Waals surface area contributed by atoms with Gasteiger partial charge in [-0.15, -0.1) is 11.3 Å². The monoisotopic (exact) mass is 309 g/mol. The fourth-order valence-electron chi connectivity index (χ4n) is 2.17. The first-order chi connectivity index (χ1) is 9.93. The number of thiophene rings is 1. The molecule has 4 nitrogen and oxygen atoms in total. The molecule has 0 saturated heterocycles. The average molecular weight is 309 g/mol. The zero-order valence-corrected chi connectivity index (χ0v) is 12.7. The molecule has 0 bridgehead atoms. The van der Waals surface area contributed by atoms with E-state index in [1.54, 1.807) is 13.0 Å². The van der Waals surface area contributed by atoms with Crippen LogP contribution < -0.4 is 0 Å². The van der Waals surface area contributed by atoms with Crippen molar-refractivity contribution in [2.45, 2.75) is 20.3 Å². The number of carbonyl (C=O) groups excluding carboxylic acids is 1. The first kappa shape index (κ1) is 15.4. The predicted octanol–water partition coefficient (Wildman–Crippen LogP) is 3.29. The Balaban J connectivity index is 2.33. The van der Waals surface area contributed by atoms with Crippen molar-refractivity contribution in [3.05, 3.63) is 34.5 Å². The lowest BCUT2D eigenvalue weighted by atomic mass is 10.1. The largest absolute Gasteiger partial charge is 0.481 e. The number of rotatable bonds is 5. The van der Waals surface area contributed by atoms with Crippen LogP contribution >= 0.6 is 11.3 Å². The van der Waals surface area contributed by atoms with E-state index in [0.29, 0.717) is 11.4 Å². The quantitative estimate of drug-likeness (QED) is 0.922. The maximum Gasteiger partial charge on any atom is 0.305 e. The number of benzene rings is 1. The van der Waals surface area contributed by atoms with Gasteiger partial charge in [0.15, 0.2) is 0 Å². The number of nitrogens with zero attached hydrogens (tertiary/aromatic N) is 1. The molecule has 1 N–H and O–H groups in total. The van der Waals surface area contributed by atoms with Crippen LogP contribution in [0.3, 0.4) is 0 Å². The van der Waals surface area contributed by atoms with Crippen LogP contribution in [0.15, 0.2) is 18.2 Å². The van der Waals surface area contributed by atoms with Crippen LogP contribution in [-0.2, 0) is 4.79 Å². The minimum atomic E-state index is -0.934. The van der Waals surface area contributed by atoms with Crippen LogP contribution in [0, 0.1) is 12.7 Å². The molecular formula is C15H16FNO3S. The second-order valence-electron chi connectivity index (χ2n) is 4.73. The molecule has 0 aliphatic carbocycles. The van der Waals surface area contributed by atoms with Crippen LogP contribution in [0.25, 0.3) is 10.1 Å². The van der Waals surface area contributed by atoms with Gasteiger partial charge >= 0.3 is 5.97 Å². The molecular weight excluding hydrogens is 293 g/mol. The van der Waals surface area contributed by atoms with Crippen LogP contribution in [-0.4, -0.2) is 35.0 Å². The van der Waals surface area contributed by atoms with Gasteiger partial charge in [0, 0.05) is 17.8 Å². The van der Waals surface area contributed by atoms with Crippen LogP contribution in [0.1, 0.15) is 28.6 Å². The number of carbonyl (C=O) groups is 2. The Morgan fingerprint density at radius 3 is 2.71 bits per heavy atom. The Bertz CT molecular complexity index is 696. The smallest absolute Gasteiger partial charge is 0.305 e. The summed E-state index contributed by atoms with van der Waals surface area (Å²) in [5, 5.41) is 9.47. The standard InChI is InChI=1S/C15H16FNO3S/c1-3-17(7-6-13(18)19)15(20)14-9(2)11-8-10(16)4-5-12(11)21-14/h4-5,8H,3,6-7H2,1-2H3,(H,18,19). The Morgan fingerprint density at radius 1 is 1.38 bits per heavy atom. The van der Waals surface area contributed by atoms with Crippen molar-refractivity contribution < 1.29 is 19.1 Å². The van der Waals surface area contributed by atoms with Gasteiger partial charge < -0.3 is 10.0 Å². The van der Waals surface area contributed by atoms with E-state index in [1.807, 2.05) is 6.92 Å². The SMILES string of the molecule is CCN(CCC(=O)O)C(=O)c1sc2ccc(F)cc2c1C. The van der Waals surface area contributed by atoms with Gasteiger partial charge in [-0.05, 0) is 43.0 Å². The van der Waals surface area contributed by atoms with Crippen molar-refractivity contribution in [3.63, 3.8) is 0 Å². The van der Waals surface area contributed by atoms with E-state index in [2.05, 4.69) is 0 Å². The molecule has 1 amide bonds. The summed E-state index contributed by atoms with van der Waals surface area (Å²) in [6.07, 6.45) is -0.0852. The van der Waals surface area contributed by atoms with Crippen molar-refractivity contribution in [1.82, 2.24) is 4.90 Å². The summed E-state index contributed by atoms with van der Waals surface area (Å²) in [6, 6.07) is 4.45. The number of halogens is 1. The van der Waals surface area contributed by atoms with E-state index in [9.17, 15) is 14.0 Å². The van der Waals surface area contributed by atoms with Gasteiger partial charge in [-0.2, -0.15) is 0 Å². The van der Waals surface area contributed by atoms with Gasteiger partial charge in [0.1, 0.15) is 5.82 Å². The summed E-state index contributed by atoms with van der Waals surface area (Å²) in [6.45, 7) is 4.21. The van der Waals surface area contributed by atoms with Crippen molar-refractivity contribution in [2.75, 3.05) is 13.1 Å². The number of carboxylic acids is 1. The lowest BCUT2D eigenvalue weighted by Gasteiger charge is -2.19. The molecule has 1 aromatic carbocycles. The number of hydrogen-bond acceptors (Lipinski definition) is 3. The second-order valence-corrected chi connectivity index (χ2v) is 5.78. The highest BCUT2D eigenvalue weighted by molar-refractivity contribution is 7.21. The van der Waals surface area contributed by atoms with Crippen LogP contribution in [0.5, 0.6) is 0 Å². The lowest BCUT2D eigenvalue weighted by Crippen LogP contribution is -2.32.